The lowest BCUT2D eigenvalue weighted by Gasteiger charge is -2.14. The SMILES string of the molecule is COCC(C)Nc1cc(C)nc(-c2cccnc2)n1. The molecule has 0 saturated carbocycles. The van der Waals surface area contributed by atoms with Crippen molar-refractivity contribution in [2.24, 2.45) is 0 Å². The summed E-state index contributed by atoms with van der Waals surface area (Å²) in [7, 11) is 1.68. The van der Waals surface area contributed by atoms with E-state index in [-0.39, 0.29) is 6.04 Å². The summed E-state index contributed by atoms with van der Waals surface area (Å²) in [6.45, 7) is 4.63. The van der Waals surface area contributed by atoms with E-state index in [1.54, 1.807) is 19.5 Å². The first-order chi connectivity index (χ1) is 9.19. The molecule has 5 heteroatoms. The number of pyridine rings is 1. The maximum absolute atomic E-state index is 5.11. The van der Waals surface area contributed by atoms with E-state index in [1.165, 1.54) is 0 Å². The highest BCUT2D eigenvalue weighted by molar-refractivity contribution is 5.56. The minimum atomic E-state index is 0.195. The third-order valence-electron chi connectivity index (χ3n) is 2.58. The second-order valence-corrected chi connectivity index (χ2v) is 4.46. The molecule has 2 aromatic heterocycles. The summed E-state index contributed by atoms with van der Waals surface area (Å²) < 4.78 is 5.11. The maximum Gasteiger partial charge on any atom is 0.163 e. The third kappa shape index (κ3) is 3.72. The van der Waals surface area contributed by atoms with Gasteiger partial charge < -0.3 is 10.1 Å². The minimum absolute atomic E-state index is 0.195. The van der Waals surface area contributed by atoms with Crippen LogP contribution in [0.3, 0.4) is 0 Å². The van der Waals surface area contributed by atoms with Crippen LogP contribution in [0.1, 0.15) is 12.6 Å². The average molecular weight is 258 g/mol. The van der Waals surface area contributed by atoms with Crippen LogP contribution in [0.25, 0.3) is 11.4 Å². The Kier molecular flexibility index (Phi) is 4.41. The standard InChI is InChI=1S/C14H18N4O/c1-10-7-13(16-11(2)9-19-3)18-14(17-10)12-5-4-6-15-8-12/h4-8,11H,9H2,1-3H3,(H,16,17,18). The second-order valence-electron chi connectivity index (χ2n) is 4.46. The van der Waals surface area contributed by atoms with Crippen molar-refractivity contribution in [2.75, 3.05) is 19.0 Å². The van der Waals surface area contributed by atoms with Crippen molar-refractivity contribution >= 4 is 5.82 Å². The Labute approximate surface area is 113 Å². The molecule has 1 unspecified atom stereocenters. The molecule has 0 bridgehead atoms. The molecule has 0 spiro atoms. The van der Waals surface area contributed by atoms with Crippen LogP contribution in [0.5, 0.6) is 0 Å². The van der Waals surface area contributed by atoms with Gasteiger partial charge in [-0.2, -0.15) is 0 Å². The molecule has 2 heterocycles. The first-order valence-electron chi connectivity index (χ1n) is 6.20. The lowest BCUT2D eigenvalue weighted by Crippen LogP contribution is -2.21. The molecule has 0 aliphatic heterocycles. The highest BCUT2D eigenvalue weighted by Gasteiger charge is 2.07. The number of hydrogen-bond donors (Lipinski definition) is 1. The number of nitrogens with zero attached hydrogens (tertiary/aromatic N) is 3. The van der Waals surface area contributed by atoms with Crippen LogP contribution in [0, 0.1) is 6.92 Å². The van der Waals surface area contributed by atoms with E-state index in [0.717, 1.165) is 17.1 Å². The van der Waals surface area contributed by atoms with Gasteiger partial charge in [0.05, 0.1) is 6.61 Å². The van der Waals surface area contributed by atoms with Gasteiger partial charge >= 0.3 is 0 Å². The predicted octanol–water partition coefficient (Wildman–Crippen LogP) is 2.29. The van der Waals surface area contributed by atoms with Gasteiger partial charge in [-0.3, -0.25) is 4.98 Å². The summed E-state index contributed by atoms with van der Waals surface area (Å²) >= 11 is 0. The molecule has 0 amide bonds. The summed E-state index contributed by atoms with van der Waals surface area (Å²) in [5, 5.41) is 3.30. The summed E-state index contributed by atoms with van der Waals surface area (Å²) in [5.74, 6) is 1.48. The van der Waals surface area contributed by atoms with Gasteiger partial charge in [-0.25, -0.2) is 9.97 Å². The Morgan fingerprint density at radius 1 is 1.37 bits per heavy atom. The molecule has 1 atom stereocenters. The van der Waals surface area contributed by atoms with Crippen LogP contribution in [0.15, 0.2) is 30.6 Å². The molecule has 1 N–H and O–H groups in total. The number of ether oxygens (including phenoxy) is 1. The van der Waals surface area contributed by atoms with Crippen LogP contribution in [-0.2, 0) is 4.74 Å². The van der Waals surface area contributed by atoms with Gasteiger partial charge in [0.2, 0.25) is 0 Å². The molecule has 100 valence electrons. The molecule has 19 heavy (non-hydrogen) atoms. The first-order valence-corrected chi connectivity index (χ1v) is 6.20. The highest BCUT2D eigenvalue weighted by Crippen LogP contribution is 2.17. The van der Waals surface area contributed by atoms with E-state index in [2.05, 4.69) is 20.3 Å². The Bertz CT molecular complexity index is 530. The summed E-state index contributed by atoms with van der Waals surface area (Å²) in [6.07, 6.45) is 3.50. The molecule has 5 nitrogen and oxygen atoms in total. The first kappa shape index (κ1) is 13.4. The van der Waals surface area contributed by atoms with E-state index in [0.29, 0.717) is 12.4 Å². The smallest absolute Gasteiger partial charge is 0.163 e. The zero-order valence-electron chi connectivity index (χ0n) is 11.4. The number of aromatic nitrogens is 3. The monoisotopic (exact) mass is 258 g/mol. The van der Waals surface area contributed by atoms with Crippen molar-refractivity contribution in [3.63, 3.8) is 0 Å². The zero-order chi connectivity index (χ0) is 13.7. The molecule has 0 aromatic carbocycles. The molecule has 0 aliphatic rings. The van der Waals surface area contributed by atoms with Crippen LogP contribution in [0.2, 0.25) is 0 Å². The average Bonchev–Trinajstić information content (AvgIpc) is 2.39. The van der Waals surface area contributed by atoms with Gasteiger partial charge in [0.15, 0.2) is 5.82 Å². The number of rotatable bonds is 5. The van der Waals surface area contributed by atoms with Crippen LogP contribution in [-0.4, -0.2) is 34.7 Å². The summed E-state index contributed by atoms with van der Waals surface area (Å²) in [6, 6.07) is 5.94. The lowest BCUT2D eigenvalue weighted by atomic mass is 10.2. The fourth-order valence-corrected chi connectivity index (χ4v) is 1.81. The molecule has 0 aliphatic carbocycles. The molecular formula is C14H18N4O. The van der Waals surface area contributed by atoms with Gasteiger partial charge in [0.25, 0.3) is 0 Å². The van der Waals surface area contributed by atoms with Crippen molar-refractivity contribution < 1.29 is 4.74 Å². The summed E-state index contributed by atoms with van der Waals surface area (Å²) in [5.41, 5.74) is 1.83. The number of nitrogens with one attached hydrogen (secondary N) is 1. The quantitative estimate of drug-likeness (QED) is 0.891. The Balaban J connectivity index is 2.25. The van der Waals surface area contributed by atoms with Gasteiger partial charge in [-0.15, -0.1) is 0 Å². The van der Waals surface area contributed by atoms with Crippen molar-refractivity contribution in [2.45, 2.75) is 19.9 Å². The topological polar surface area (TPSA) is 59.9 Å². The van der Waals surface area contributed by atoms with Gasteiger partial charge in [-0.1, -0.05) is 0 Å². The molecule has 2 rings (SSSR count). The number of methoxy groups -OCH3 is 1. The number of aryl methyl sites for hydroxylation is 1. The fraction of sp³-hybridized carbons (Fsp3) is 0.357. The Morgan fingerprint density at radius 3 is 2.89 bits per heavy atom. The Hall–Kier alpha value is -2.01. The predicted molar refractivity (Wildman–Crippen MR) is 75.0 cm³/mol. The van der Waals surface area contributed by atoms with E-state index in [1.807, 2.05) is 32.0 Å². The van der Waals surface area contributed by atoms with Gasteiger partial charge in [0.1, 0.15) is 5.82 Å². The number of hydrogen-bond acceptors (Lipinski definition) is 5. The fourth-order valence-electron chi connectivity index (χ4n) is 1.81. The molecule has 2 aromatic rings. The van der Waals surface area contributed by atoms with Crippen molar-refractivity contribution in [3.8, 4) is 11.4 Å². The highest BCUT2D eigenvalue weighted by atomic mass is 16.5. The Morgan fingerprint density at radius 2 is 2.21 bits per heavy atom. The van der Waals surface area contributed by atoms with Crippen molar-refractivity contribution in [1.82, 2.24) is 15.0 Å². The maximum atomic E-state index is 5.11. The summed E-state index contributed by atoms with van der Waals surface area (Å²) in [4.78, 5) is 13.0. The van der Waals surface area contributed by atoms with Crippen LogP contribution >= 0.6 is 0 Å². The zero-order valence-corrected chi connectivity index (χ0v) is 11.4. The van der Waals surface area contributed by atoms with Crippen LogP contribution < -0.4 is 5.32 Å². The minimum Gasteiger partial charge on any atom is -0.383 e. The van der Waals surface area contributed by atoms with Crippen molar-refractivity contribution in [1.29, 1.82) is 0 Å². The van der Waals surface area contributed by atoms with Gasteiger partial charge in [0, 0.05) is 42.9 Å². The molecule has 0 radical (unpaired) electrons. The normalized spacial score (nSPS) is 12.2. The number of anilines is 1. The van der Waals surface area contributed by atoms with Crippen molar-refractivity contribution in [3.05, 3.63) is 36.3 Å². The van der Waals surface area contributed by atoms with E-state index < -0.39 is 0 Å². The molecule has 0 fully saturated rings. The van der Waals surface area contributed by atoms with Crippen LogP contribution in [0.4, 0.5) is 5.82 Å². The third-order valence-corrected chi connectivity index (χ3v) is 2.58. The van der Waals surface area contributed by atoms with Gasteiger partial charge in [-0.05, 0) is 26.0 Å². The van der Waals surface area contributed by atoms with E-state index in [4.69, 9.17) is 4.74 Å². The molecular weight excluding hydrogens is 240 g/mol. The largest absolute Gasteiger partial charge is 0.383 e. The lowest BCUT2D eigenvalue weighted by molar-refractivity contribution is 0.190. The van der Waals surface area contributed by atoms with E-state index >= 15 is 0 Å². The second kappa shape index (κ2) is 6.24. The molecule has 0 saturated heterocycles. The van der Waals surface area contributed by atoms with E-state index in [9.17, 15) is 0 Å².